The van der Waals surface area contributed by atoms with Gasteiger partial charge < -0.3 is 14.8 Å². The summed E-state index contributed by atoms with van der Waals surface area (Å²) >= 11 is 0. The van der Waals surface area contributed by atoms with Crippen LogP contribution in [0.1, 0.15) is 5.56 Å². The quantitative estimate of drug-likeness (QED) is 0.705. The molecule has 0 unspecified atom stereocenters. The fourth-order valence-corrected chi connectivity index (χ4v) is 1.71. The predicted octanol–water partition coefficient (Wildman–Crippen LogP) is -0.689. The van der Waals surface area contributed by atoms with Gasteiger partial charge in [-0.05, 0) is 30.1 Å². The van der Waals surface area contributed by atoms with E-state index in [-0.39, 0.29) is 12.2 Å². The summed E-state index contributed by atoms with van der Waals surface area (Å²) in [6, 6.07) is 8.01. The molecule has 0 atom stereocenters. The van der Waals surface area contributed by atoms with E-state index in [4.69, 9.17) is 14.8 Å². The molecule has 0 aliphatic heterocycles. The highest BCUT2D eigenvalue weighted by molar-refractivity contribution is 6.58. The molecule has 2 N–H and O–H groups in total. The van der Waals surface area contributed by atoms with Crippen LogP contribution in [-0.4, -0.2) is 33.6 Å². The Balaban J connectivity index is 1.96. The molecule has 1 heterocycles. The third-order valence-corrected chi connectivity index (χ3v) is 2.73. The highest BCUT2D eigenvalue weighted by Gasteiger charge is 2.11. The lowest BCUT2D eigenvalue weighted by Gasteiger charge is -2.08. The summed E-state index contributed by atoms with van der Waals surface area (Å²) in [6.45, 7) is 2.40. The lowest BCUT2D eigenvalue weighted by atomic mass is 9.80. The SMILES string of the molecule is Cc1cnn(CCOc2cccc(B(O)O)c2)c(=O)c1. The first-order chi connectivity index (χ1) is 9.56. The Kier molecular flexibility index (Phi) is 4.55. The average Bonchev–Trinajstić information content (AvgIpc) is 2.41. The standard InChI is InChI=1S/C13H15BN2O4/c1-10-7-13(17)16(15-9-10)5-6-20-12-4-2-3-11(8-12)14(18)19/h2-4,7-9,18-19H,5-6H2,1H3. The average molecular weight is 274 g/mol. The van der Waals surface area contributed by atoms with Crippen LogP contribution >= 0.6 is 0 Å². The van der Waals surface area contributed by atoms with Crippen molar-refractivity contribution in [1.82, 2.24) is 9.78 Å². The van der Waals surface area contributed by atoms with E-state index < -0.39 is 7.12 Å². The van der Waals surface area contributed by atoms with Gasteiger partial charge in [0.1, 0.15) is 12.4 Å². The van der Waals surface area contributed by atoms with Crippen molar-refractivity contribution < 1.29 is 14.8 Å². The normalized spacial score (nSPS) is 10.3. The Hall–Kier alpha value is -2.12. The third kappa shape index (κ3) is 3.69. The van der Waals surface area contributed by atoms with Crippen LogP contribution in [0.4, 0.5) is 0 Å². The molecule has 0 saturated carbocycles. The summed E-state index contributed by atoms with van der Waals surface area (Å²) in [4.78, 5) is 11.6. The molecular weight excluding hydrogens is 259 g/mol. The zero-order chi connectivity index (χ0) is 14.5. The number of aryl methyl sites for hydroxylation is 1. The highest BCUT2D eigenvalue weighted by Crippen LogP contribution is 2.07. The van der Waals surface area contributed by atoms with E-state index in [2.05, 4.69) is 5.10 Å². The molecule has 1 aromatic heterocycles. The van der Waals surface area contributed by atoms with Crippen LogP contribution in [-0.2, 0) is 6.54 Å². The first kappa shape index (κ1) is 14.3. The van der Waals surface area contributed by atoms with Gasteiger partial charge in [0.05, 0.1) is 12.7 Å². The number of nitrogens with zero attached hydrogens (tertiary/aromatic N) is 2. The lowest BCUT2D eigenvalue weighted by Crippen LogP contribution is -2.29. The molecule has 0 aliphatic carbocycles. The zero-order valence-corrected chi connectivity index (χ0v) is 11.1. The Morgan fingerprint density at radius 2 is 2.15 bits per heavy atom. The molecule has 7 heteroatoms. The molecule has 0 radical (unpaired) electrons. The van der Waals surface area contributed by atoms with Gasteiger partial charge in [-0.15, -0.1) is 0 Å². The molecule has 20 heavy (non-hydrogen) atoms. The van der Waals surface area contributed by atoms with E-state index >= 15 is 0 Å². The topological polar surface area (TPSA) is 84.6 Å². The molecule has 0 saturated heterocycles. The largest absolute Gasteiger partial charge is 0.492 e. The van der Waals surface area contributed by atoms with Gasteiger partial charge in [-0.1, -0.05) is 12.1 Å². The zero-order valence-electron chi connectivity index (χ0n) is 11.1. The summed E-state index contributed by atoms with van der Waals surface area (Å²) in [5, 5.41) is 22.1. The van der Waals surface area contributed by atoms with Crippen molar-refractivity contribution in [1.29, 1.82) is 0 Å². The molecule has 0 aliphatic rings. The van der Waals surface area contributed by atoms with Gasteiger partial charge in [0.2, 0.25) is 0 Å². The molecule has 6 nitrogen and oxygen atoms in total. The second-order valence-corrected chi connectivity index (χ2v) is 4.39. The third-order valence-electron chi connectivity index (χ3n) is 2.73. The molecule has 104 valence electrons. The number of benzene rings is 1. The fraction of sp³-hybridized carbons (Fsp3) is 0.231. The van der Waals surface area contributed by atoms with Crippen LogP contribution < -0.4 is 15.8 Å². The number of hydrogen-bond acceptors (Lipinski definition) is 5. The lowest BCUT2D eigenvalue weighted by molar-refractivity contribution is 0.287. The second kappa shape index (κ2) is 6.36. The predicted molar refractivity (Wildman–Crippen MR) is 75.0 cm³/mol. The van der Waals surface area contributed by atoms with Crippen molar-refractivity contribution in [2.24, 2.45) is 0 Å². The van der Waals surface area contributed by atoms with Gasteiger partial charge in [-0.25, -0.2) is 4.68 Å². The van der Waals surface area contributed by atoms with Crippen molar-refractivity contribution in [2.75, 3.05) is 6.61 Å². The van der Waals surface area contributed by atoms with Crippen LogP contribution in [0.3, 0.4) is 0 Å². The fourth-order valence-electron chi connectivity index (χ4n) is 1.71. The van der Waals surface area contributed by atoms with Crippen molar-refractivity contribution in [3.05, 3.63) is 52.4 Å². The van der Waals surface area contributed by atoms with Crippen LogP contribution in [0.5, 0.6) is 5.75 Å². The van der Waals surface area contributed by atoms with Crippen LogP contribution in [0.2, 0.25) is 0 Å². The van der Waals surface area contributed by atoms with E-state index in [1.807, 2.05) is 0 Å². The van der Waals surface area contributed by atoms with Crippen molar-refractivity contribution in [3.63, 3.8) is 0 Å². The van der Waals surface area contributed by atoms with Gasteiger partial charge in [0.15, 0.2) is 0 Å². The summed E-state index contributed by atoms with van der Waals surface area (Å²) in [5.41, 5.74) is 0.998. The molecule has 2 aromatic rings. The molecular formula is C13H15BN2O4. The molecule has 0 amide bonds. The highest BCUT2D eigenvalue weighted by atomic mass is 16.5. The minimum atomic E-state index is -1.53. The number of hydrogen-bond donors (Lipinski definition) is 2. The van der Waals surface area contributed by atoms with Gasteiger partial charge in [0, 0.05) is 6.07 Å². The first-order valence-corrected chi connectivity index (χ1v) is 6.19. The number of aromatic nitrogens is 2. The Labute approximate surface area is 116 Å². The van der Waals surface area contributed by atoms with Crippen LogP contribution in [0, 0.1) is 6.92 Å². The van der Waals surface area contributed by atoms with Crippen molar-refractivity contribution in [3.8, 4) is 5.75 Å². The summed E-state index contributed by atoms with van der Waals surface area (Å²) in [5.74, 6) is 0.510. The maximum absolute atomic E-state index is 11.6. The number of rotatable bonds is 5. The van der Waals surface area contributed by atoms with Gasteiger partial charge in [-0.3, -0.25) is 4.79 Å². The van der Waals surface area contributed by atoms with E-state index in [1.165, 1.54) is 16.8 Å². The molecule has 0 bridgehead atoms. The molecule has 2 rings (SSSR count). The molecule has 0 fully saturated rings. The Morgan fingerprint density at radius 3 is 2.85 bits per heavy atom. The first-order valence-electron chi connectivity index (χ1n) is 6.19. The smallest absolute Gasteiger partial charge is 0.488 e. The van der Waals surface area contributed by atoms with E-state index in [0.29, 0.717) is 17.8 Å². The summed E-state index contributed by atoms with van der Waals surface area (Å²) in [6.07, 6.45) is 1.62. The Bertz CT molecular complexity index is 642. The monoisotopic (exact) mass is 274 g/mol. The van der Waals surface area contributed by atoms with Gasteiger partial charge >= 0.3 is 7.12 Å². The Morgan fingerprint density at radius 1 is 1.35 bits per heavy atom. The van der Waals surface area contributed by atoms with Crippen LogP contribution in [0.25, 0.3) is 0 Å². The van der Waals surface area contributed by atoms with Crippen molar-refractivity contribution in [2.45, 2.75) is 13.5 Å². The maximum atomic E-state index is 11.6. The van der Waals surface area contributed by atoms with E-state index in [0.717, 1.165) is 5.56 Å². The van der Waals surface area contributed by atoms with Crippen LogP contribution in [0.15, 0.2) is 41.3 Å². The maximum Gasteiger partial charge on any atom is 0.488 e. The van der Waals surface area contributed by atoms with Gasteiger partial charge in [-0.2, -0.15) is 5.10 Å². The van der Waals surface area contributed by atoms with E-state index in [1.54, 1.807) is 31.3 Å². The van der Waals surface area contributed by atoms with Crippen molar-refractivity contribution >= 4 is 12.6 Å². The van der Waals surface area contributed by atoms with E-state index in [9.17, 15) is 4.79 Å². The number of ether oxygens (including phenoxy) is 1. The molecule has 0 spiro atoms. The second-order valence-electron chi connectivity index (χ2n) is 4.39. The van der Waals surface area contributed by atoms with Gasteiger partial charge in [0.25, 0.3) is 5.56 Å². The summed E-state index contributed by atoms with van der Waals surface area (Å²) < 4.78 is 6.78. The summed E-state index contributed by atoms with van der Waals surface area (Å²) in [7, 11) is -1.53. The minimum absolute atomic E-state index is 0.173. The minimum Gasteiger partial charge on any atom is -0.492 e. The molecule has 1 aromatic carbocycles.